The molecule has 5 heteroatoms. The van der Waals surface area contributed by atoms with Gasteiger partial charge < -0.3 is 9.13 Å². The number of hydrogen-bond donors (Lipinski definition) is 0. The standard InChI is InChI=1S/C40H27N5/c1-4-12-28(13-5-1)39-41-42-40(29-14-6-2-7-15-29)45(39)33-22-20-32(21-23-33)44-36-19-11-10-18-34(36)35-27-37-30(26-38(35)44)24-25-43(37)31-16-8-3-9-17-31/h1-27H. The van der Waals surface area contributed by atoms with E-state index in [4.69, 9.17) is 0 Å². The molecule has 0 amide bonds. The van der Waals surface area contributed by atoms with Crippen LogP contribution in [0.2, 0.25) is 0 Å². The first kappa shape index (κ1) is 25.3. The van der Waals surface area contributed by atoms with Crippen LogP contribution < -0.4 is 0 Å². The fourth-order valence-corrected chi connectivity index (χ4v) is 6.52. The van der Waals surface area contributed by atoms with Crippen molar-refractivity contribution in [2.45, 2.75) is 0 Å². The molecule has 0 N–H and O–H groups in total. The van der Waals surface area contributed by atoms with Gasteiger partial charge in [-0.3, -0.25) is 4.57 Å². The minimum atomic E-state index is 0.810. The maximum Gasteiger partial charge on any atom is 0.168 e. The van der Waals surface area contributed by atoms with Crippen molar-refractivity contribution in [2.75, 3.05) is 0 Å². The highest BCUT2D eigenvalue weighted by Crippen LogP contribution is 2.36. The van der Waals surface area contributed by atoms with Gasteiger partial charge in [0.15, 0.2) is 11.6 Å². The number of hydrogen-bond acceptors (Lipinski definition) is 2. The van der Waals surface area contributed by atoms with Crippen LogP contribution in [-0.2, 0) is 0 Å². The van der Waals surface area contributed by atoms with Crippen LogP contribution in [0.4, 0.5) is 0 Å². The molecule has 0 unspecified atom stereocenters. The monoisotopic (exact) mass is 577 g/mol. The van der Waals surface area contributed by atoms with Crippen LogP contribution in [0.5, 0.6) is 0 Å². The van der Waals surface area contributed by atoms with Gasteiger partial charge in [0.2, 0.25) is 0 Å². The van der Waals surface area contributed by atoms with E-state index in [2.05, 4.69) is 151 Å². The van der Waals surface area contributed by atoms with E-state index in [1.165, 1.54) is 32.7 Å². The molecule has 3 heterocycles. The third-order valence-corrected chi connectivity index (χ3v) is 8.61. The number of rotatable bonds is 5. The first-order valence-corrected chi connectivity index (χ1v) is 15.1. The van der Waals surface area contributed by atoms with Gasteiger partial charge in [-0.15, -0.1) is 10.2 Å². The van der Waals surface area contributed by atoms with E-state index in [1.54, 1.807) is 0 Å². The average molecular weight is 578 g/mol. The van der Waals surface area contributed by atoms with Crippen LogP contribution in [0.15, 0.2) is 164 Å². The second-order valence-electron chi connectivity index (χ2n) is 11.2. The van der Waals surface area contributed by atoms with E-state index in [0.29, 0.717) is 0 Å². The molecule has 9 rings (SSSR count). The van der Waals surface area contributed by atoms with Gasteiger partial charge in [0.05, 0.1) is 16.6 Å². The van der Waals surface area contributed by atoms with Gasteiger partial charge >= 0.3 is 0 Å². The number of para-hydroxylation sites is 2. The number of aromatic nitrogens is 5. The van der Waals surface area contributed by atoms with Crippen molar-refractivity contribution in [3.63, 3.8) is 0 Å². The fraction of sp³-hybridized carbons (Fsp3) is 0. The summed E-state index contributed by atoms with van der Waals surface area (Å²) in [7, 11) is 0. The van der Waals surface area contributed by atoms with Crippen molar-refractivity contribution in [3.8, 4) is 39.8 Å². The molecule has 0 radical (unpaired) electrons. The van der Waals surface area contributed by atoms with Gasteiger partial charge in [-0.05, 0) is 60.7 Å². The molecule has 6 aromatic carbocycles. The summed E-state index contributed by atoms with van der Waals surface area (Å²) in [6.07, 6.45) is 2.16. The van der Waals surface area contributed by atoms with Gasteiger partial charge in [-0.25, -0.2) is 0 Å². The minimum Gasteiger partial charge on any atom is -0.317 e. The SMILES string of the molecule is c1ccc(-c2nnc(-c3ccccc3)n2-c2ccc(-n3c4ccccc4c4cc5c(ccn5-c5ccccc5)cc43)cc2)cc1. The maximum absolute atomic E-state index is 4.65. The summed E-state index contributed by atoms with van der Waals surface area (Å²) in [5.74, 6) is 1.62. The largest absolute Gasteiger partial charge is 0.317 e. The number of fused-ring (bicyclic) bond motifs is 4. The lowest BCUT2D eigenvalue weighted by Crippen LogP contribution is -2.01. The van der Waals surface area contributed by atoms with Crippen molar-refractivity contribution < 1.29 is 0 Å². The lowest BCUT2D eigenvalue weighted by molar-refractivity contribution is 1.07. The van der Waals surface area contributed by atoms with Crippen LogP contribution in [0.3, 0.4) is 0 Å². The van der Waals surface area contributed by atoms with Gasteiger partial charge in [-0.2, -0.15) is 0 Å². The van der Waals surface area contributed by atoms with Gasteiger partial charge in [-0.1, -0.05) is 97.1 Å². The Bertz CT molecular complexity index is 2390. The Kier molecular flexibility index (Phi) is 5.74. The molecule has 0 aliphatic heterocycles. The molecule has 3 aromatic heterocycles. The van der Waals surface area contributed by atoms with Crippen LogP contribution in [0.1, 0.15) is 0 Å². The first-order valence-electron chi connectivity index (χ1n) is 15.1. The molecule has 0 saturated heterocycles. The zero-order valence-corrected chi connectivity index (χ0v) is 24.3. The summed E-state index contributed by atoms with van der Waals surface area (Å²) < 4.78 is 6.79. The topological polar surface area (TPSA) is 40.6 Å². The molecule has 0 saturated carbocycles. The molecule has 45 heavy (non-hydrogen) atoms. The van der Waals surface area contributed by atoms with E-state index in [9.17, 15) is 0 Å². The van der Waals surface area contributed by atoms with Gasteiger partial charge in [0, 0.05) is 50.5 Å². The third kappa shape index (κ3) is 4.09. The molecule has 0 aliphatic carbocycles. The number of benzene rings is 6. The van der Waals surface area contributed by atoms with Crippen LogP contribution in [0.25, 0.3) is 72.5 Å². The zero-order valence-electron chi connectivity index (χ0n) is 24.3. The Balaban J connectivity index is 1.22. The van der Waals surface area contributed by atoms with Gasteiger partial charge in [0.25, 0.3) is 0 Å². The average Bonchev–Trinajstić information content (AvgIpc) is 3.83. The van der Waals surface area contributed by atoms with Crippen molar-refractivity contribution in [1.29, 1.82) is 0 Å². The molecule has 0 fully saturated rings. The summed E-state index contributed by atoms with van der Waals surface area (Å²) in [5.41, 5.74) is 8.86. The van der Waals surface area contributed by atoms with E-state index < -0.39 is 0 Å². The summed E-state index contributed by atoms with van der Waals surface area (Å²) in [4.78, 5) is 0. The predicted octanol–water partition coefficient (Wildman–Crippen LogP) is 9.64. The Hall–Kier alpha value is -6.20. The second-order valence-corrected chi connectivity index (χ2v) is 11.2. The molecular formula is C40H27N5. The Morgan fingerprint density at radius 2 is 0.933 bits per heavy atom. The molecule has 5 nitrogen and oxygen atoms in total. The highest BCUT2D eigenvalue weighted by atomic mass is 15.3. The fourth-order valence-electron chi connectivity index (χ4n) is 6.52. The molecule has 0 atom stereocenters. The van der Waals surface area contributed by atoms with Crippen molar-refractivity contribution in [1.82, 2.24) is 23.9 Å². The molecule has 9 aromatic rings. The summed E-state index contributed by atoms with van der Waals surface area (Å²) in [6, 6.07) is 55.3. The van der Waals surface area contributed by atoms with Gasteiger partial charge in [0.1, 0.15) is 0 Å². The lowest BCUT2D eigenvalue weighted by Gasteiger charge is -2.13. The molecular weight excluding hydrogens is 550 g/mol. The molecule has 212 valence electrons. The van der Waals surface area contributed by atoms with Crippen molar-refractivity contribution >= 4 is 32.7 Å². The summed E-state index contributed by atoms with van der Waals surface area (Å²) in [5, 5.41) is 13.0. The van der Waals surface area contributed by atoms with Crippen LogP contribution >= 0.6 is 0 Å². The maximum atomic E-state index is 4.65. The van der Waals surface area contributed by atoms with Crippen LogP contribution in [-0.4, -0.2) is 23.9 Å². The smallest absolute Gasteiger partial charge is 0.168 e. The molecule has 0 aliphatic rings. The minimum absolute atomic E-state index is 0.810. The lowest BCUT2D eigenvalue weighted by atomic mass is 10.1. The predicted molar refractivity (Wildman–Crippen MR) is 183 cm³/mol. The van der Waals surface area contributed by atoms with Crippen LogP contribution in [0, 0.1) is 0 Å². The van der Waals surface area contributed by atoms with E-state index in [0.717, 1.165) is 39.8 Å². The quantitative estimate of drug-likeness (QED) is 0.204. The van der Waals surface area contributed by atoms with E-state index >= 15 is 0 Å². The molecule has 0 spiro atoms. The van der Waals surface area contributed by atoms with E-state index in [1.807, 2.05) is 36.4 Å². The summed E-state index contributed by atoms with van der Waals surface area (Å²) in [6.45, 7) is 0. The first-order chi connectivity index (χ1) is 22.3. The highest BCUT2D eigenvalue weighted by Gasteiger charge is 2.19. The highest BCUT2D eigenvalue weighted by molar-refractivity contribution is 6.13. The molecule has 0 bridgehead atoms. The Morgan fingerprint density at radius 3 is 1.58 bits per heavy atom. The zero-order chi connectivity index (χ0) is 29.7. The van der Waals surface area contributed by atoms with Crippen molar-refractivity contribution in [3.05, 3.63) is 164 Å². The second kappa shape index (κ2) is 10.2. The number of nitrogens with zero attached hydrogens (tertiary/aromatic N) is 5. The normalized spacial score (nSPS) is 11.6. The van der Waals surface area contributed by atoms with Crippen molar-refractivity contribution in [2.24, 2.45) is 0 Å². The summed E-state index contributed by atoms with van der Waals surface area (Å²) >= 11 is 0. The third-order valence-electron chi connectivity index (χ3n) is 8.61. The Labute approximate surface area is 259 Å². The van der Waals surface area contributed by atoms with E-state index in [-0.39, 0.29) is 0 Å². The Morgan fingerprint density at radius 1 is 0.378 bits per heavy atom.